The molecule has 0 unspecified atom stereocenters. The van der Waals surface area contributed by atoms with Gasteiger partial charge < -0.3 is 9.47 Å². The van der Waals surface area contributed by atoms with Crippen molar-refractivity contribution in [2.75, 3.05) is 11.9 Å². The Balaban J connectivity index is 1.51. The first-order valence-electron chi connectivity index (χ1n) is 9.00. The Kier molecular flexibility index (Phi) is 6.08. The van der Waals surface area contributed by atoms with E-state index in [4.69, 9.17) is 32.7 Å². The molecule has 2 heterocycles. The third-order valence-electron chi connectivity index (χ3n) is 4.09. The van der Waals surface area contributed by atoms with Gasteiger partial charge in [-0.05, 0) is 49.4 Å². The van der Waals surface area contributed by atoms with Crippen LogP contribution in [0.3, 0.4) is 0 Å². The van der Waals surface area contributed by atoms with Crippen LogP contribution in [-0.2, 0) is 4.74 Å². The molecule has 158 valence electrons. The predicted molar refractivity (Wildman–Crippen MR) is 118 cm³/mol. The Labute approximate surface area is 190 Å². The lowest BCUT2D eigenvalue weighted by atomic mass is 10.2. The maximum absolute atomic E-state index is 12.5. The molecule has 0 aliphatic carbocycles. The highest BCUT2D eigenvalue weighted by Gasteiger charge is 2.16. The van der Waals surface area contributed by atoms with Gasteiger partial charge in [0.15, 0.2) is 0 Å². The second-order valence-electron chi connectivity index (χ2n) is 6.14. The van der Waals surface area contributed by atoms with E-state index in [9.17, 15) is 9.59 Å². The fourth-order valence-corrected chi connectivity index (χ4v) is 3.91. The Bertz CT molecular complexity index is 1270. The summed E-state index contributed by atoms with van der Waals surface area (Å²) >= 11 is 13.7. The first kappa shape index (κ1) is 21.1. The molecule has 0 saturated carbocycles. The molecule has 4 rings (SSSR count). The van der Waals surface area contributed by atoms with Crippen molar-refractivity contribution in [1.29, 1.82) is 0 Å². The molecular weight excluding hydrogens is 463 g/mol. The number of nitrogens with one attached hydrogen (secondary N) is 1. The summed E-state index contributed by atoms with van der Waals surface area (Å²) in [4.78, 5) is 28.8. The van der Waals surface area contributed by atoms with E-state index in [1.807, 2.05) is 5.38 Å². The van der Waals surface area contributed by atoms with Gasteiger partial charge in [-0.15, -0.1) is 16.4 Å². The highest BCUT2D eigenvalue weighted by Crippen LogP contribution is 2.33. The number of carbonyl (C=O) groups is 2. The summed E-state index contributed by atoms with van der Waals surface area (Å²) in [5.41, 5.74) is 1.76. The van der Waals surface area contributed by atoms with Crippen LogP contribution in [0.15, 0.2) is 47.8 Å². The van der Waals surface area contributed by atoms with E-state index in [1.165, 1.54) is 35.6 Å². The van der Waals surface area contributed by atoms with Gasteiger partial charge >= 0.3 is 6.16 Å². The van der Waals surface area contributed by atoms with Gasteiger partial charge in [0.25, 0.3) is 11.9 Å². The van der Waals surface area contributed by atoms with Crippen molar-refractivity contribution in [2.24, 2.45) is 0 Å². The van der Waals surface area contributed by atoms with Crippen LogP contribution in [0.1, 0.15) is 17.3 Å². The standard InChI is InChI=1S/C20H14Cl2N4O4S/c1-2-29-20(28)30-13-6-3-11(4-7-13)17(27)23-18-24-19-26(25-18)16(10-31-19)14-9-12(21)5-8-15(14)22/h3-10H,2H2,1H3,(H,23,25,27). The zero-order chi connectivity index (χ0) is 22.0. The van der Waals surface area contributed by atoms with Crippen molar-refractivity contribution < 1.29 is 19.1 Å². The van der Waals surface area contributed by atoms with Crippen molar-refractivity contribution in [3.8, 4) is 17.0 Å². The second-order valence-corrected chi connectivity index (χ2v) is 7.82. The van der Waals surface area contributed by atoms with E-state index in [0.717, 1.165) is 0 Å². The summed E-state index contributed by atoms with van der Waals surface area (Å²) in [5.74, 6) is -0.00921. The number of benzene rings is 2. The quantitative estimate of drug-likeness (QED) is 0.299. The van der Waals surface area contributed by atoms with Crippen molar-refractivity contribution in [1.82, 2.24) is 14.6 Å². The van der Waals surface area contributed by atoms with Crippen LogP contribution in [0.5, 0.6) is 5.75 Å². The van der Waals surface area contributed by atoms with E-state index < -0.39 is 12.1 Å². The number of carbonyl (C=O) groups excluding carboxylic acids is 2. The normalized spacial score (nSPS) is 10.8. The number of hydrogen-bond acceptors (Lipinski definition) is 7. The van der Waals surface area contributed by atoms with Gasteiger partial charge in [0, 0.05) is 21.5 Å². The molecule has 0 aliphatic heterocycles. The van der Waals surface area contributed by atoms with Gasteiger partial charge in [-0.2, -0.15) is 4.98 Å². The molecule has 1 amide bonds. The number of halogens is 2. The molecule has 8 nitrogen and oxygen atoms in total. The molecule has 0 atom stereocenters. The first-order chi connectivity index (χ1) is 14.9. The first-order valence-corrected chi connectivity index (χ1v) is 10.6. The molecule has 4 aromatic rings. The molecule has 0 radical (unpaired) electrons. The van der Waals surface area contributed by atoms with Crippen molar-refractivity contribution >= 4 is 57.5 Å². The van der Waals surface area contributed by atoms with Crippen LogP contribution in [0.25, 0.3) is 16.2 Å². The Morgan fingerprint density at radius 1 is 1.16 bits per heavy atom. The van der Waals surface area contributed by atoms with Gasteiger partial charge in [0.1, 0.15) is 5.75 Å². The third kappa shape index (κ3) is 4.63. The number of nitrogens with zero attached hydrogens (tertiary/aromatic N) is 3. The van der Waals surface area contributed by atoms with E-state index in [2.05, 4.69) is 15.4 Å². The lowest BCUT2D eigenvalue weighted by Crippen LogP contribution is -2.13. The monoisotopic (exact) mass is 476 g/mol. The molecule has 0 saturated heterocycles. The topological polar surface area (TPSA) is 94.8 Å². The molecule has 2 aromatic carbocycles. The molecule has 0 bridgehead atoms. The largest absolute Gasteiger partial charge is 0.513 e. The molecule has 0 spiro atoms. The molecule has 31 heavy (non-hydrogen) atoms. The summed E-state index contributed by atoms with van der Waals surface area (Å²) < 4.78 is 11.3. The fourth-order valence-electron chi connectivity index (χ4n) is 2.71. The summed E-state index contributed by atoms with van der Waals surface area (Å²) in [7, 11) is 0. The van der Waals surface area contributed by atoms with Gasteiger partial charge in [0.2, 0.25) is 4.96 Å². The van der Waals surface area contributed by atoms with Crippen molar-refractivity contribution in [2.45, 2.75) is 6.92 Å². The average molecular weight is 477 g/mol. The lowest BCUT2D eigenvalue weighted by Gasteiger charge is -2.05. The average Bonchev–Trinajstić information content (AvgIpc) is 3.30. The summed E-state index contributed by atoms with van der Waals surface area (Å²) in [6.45, 7) is 1.88. The van der Waals surface area contributed by atoms with E-state index in [0.29, 0.717) is 31.8 Å². The highest BCUT2D eigenvalue weighted by molar-refractivity contribution is 7.15. The number of rotatable bonds is 5. The summed E-state index contributed by atoms with van der Waals surface area (Å²) in [6, 6.07) is 11.2. The maximum atomic E-state index is 12.5. The van der Waals surface area contributed by atoms with Crippen LogP contribution in [0.4, 0.5) is 10.7 Å². The molecule has 1 N–H and O–H groups in total. The Morgan fingerprint density at radius 3 is 2.68 bits per heavy atom. The van der Waals surface area contributed by atoms with Gasteiger partial charge in [-0.3, -0.25) is 10.1 Å². The maximum Gasteiger partial charge on any atom is 0.513 e. The number of thiazole rings is 1. The van der Waals surface area contributed by atoms with E-state index >= 15 is 0 Å². The number of fused-ring (bicyclic) bond motifs is 1. The minimum absolute atomic E-state index is 0.142. The molecular formula is C20H14Cl2N4O4S. The van der Waals surface area contributed by atoms with E-state index in [1.54, 1.807) is 29.6 Å². The smallest absolute Gasteiger partial charge is 0.434 e. The fraction of sp³-hybridized carbons (Fsp3) is 0.100. The van der Waals surface area contributed by atoms with Crippen LogP contribution in [-0.4, -0.2) is 33.3 Å². The third-order valence-corrected chi connectivity index (χ3v) is 5.47. The van der Waals surface area contributed by atoms with Crippen LogP contribution in [0, 0.1) is 0 Å². The number of anilines is 1. The minimum atomic E-state index is -0.808. The van der Waals surface area contributed by atoms with Crippen molar-refractivity contribution in [3.05, 3.63) is 63.5 Å². The van der Waals surface area contributed by atoms with Crippen LogP contribution in [0.2, 0.25) is 10.0 Å². The van der Waals surface area contributed by atoms with Gasteiger partial charge in [-0.25, -0.2) is 9.31 Å². The molecule has 11 heteroatoms. The lowest BCUT2D eigenvalue weighted by molar-refractivity contribution is 0.102. The number of ether oxygens (including phenoxy) is 2. The second kappa shape index (κ2) is 8.93. The Morgan fingerprint density at radius 2 is 1.94 bits per heavy atom. The zero-order valence-electron chi connectivity index (χ0n) is 16.0. The van der Waals surface area contributed by atoms with Crippen LogP contribution < -0.4 is 10.1 Å². The minimum Gasteiger partial charge on any atom is -0.434 e. The highest BCUT2D eigenvalue weighted by atomic mass is 35.5. The summed E-state index contributed by atoms with van der Waals surface area (Å²) in [5, 5.41) is 9.94. The molecule has 2 aromatic heterocycles. The van der Waals surface area contributed by atoms with E-state index in [-0.39, 0.29) is 18.3 Å². The molecule has 0 aliphatic rings. The SMILES string of the molecule is CCOC(=O)Oc1ccc(C(=O)Nc2nc3scc(-c4cc(Cl)ccc4Cl)n3n2)cc1. The van der Waals surface area contributed by atoms with Gasteiger partial charge in [0.05, 0.1) is 17.3 Å². The van der Waals surface area contributed by atoms with Crippen LogP contribution >= 0.6 is 34.5 Å². The Hall–Kier alpha value is -3.14. The number of hydrogen-bond donors (Lipinski definition) is 1. The van der Waals surface area contributed by atoms with Crippen molar-refractivity contribution in [3.63, 3.8) is 0 Å². The zero-order valence-corrected chi connectivity index (χ0v) is 18.3. The predicted octanol–water partition coefficient (Wildman–Crippen LogP) is 5.55. The summed E-state index contributed by atoms with van der Waals surface area (Å²) in [6.07, 6.45) is -0.808. The number of amides is 1. The van der Waals surface area contributed by atoms with Gasteiger partial charge in [-0.1, -0.05) is 23.2 Å². The molecule has 0 fully saturated rings. The number of aromatic nitrogens is 3.